The topological polar surface area (TPSA) is 83.5 Å². The van der Waals surface area contributed by atoms with Gasteiger partial charge in [-0.05, 0) is 0 Å². The van der Waals surface area contributed by atoms with E-state index in [-0.39, 0.29) is 0 Å². The molecule has 0 bridgehead atoms. The summed E-state index contributed by atoms with van der Waals surface area (Å²) in [4.78, 5) is 30.6. The highest BCUT2D eigenvalue weighted by molar-refractivity contribution is 5.09. The average molecular weight is 178 g/mol. The van der Waals surface area contributed by atoms with Crippen LogP contribution in [0.5, 0.6) is 0 Å². The van der Waals surface area contributed by atoms with Crippen LogP contribution in [0.2, 0.25) is 0 Å². The van der Waals surface area contributed by atoms with E-state index in [0.717, 1.165) is 0 Å². The number of nitrogens with zero attached hydrogens (tertiary/aromatic N) is 2. The van der Waals surface area contributed by atoms with Crippen LogP contribution in [0.4, 0.5) is 0 Å². The van der Waals surface area contributed by atoms with Crippen LogP contribution >= 0.6 is 0 Å². The molecule has 2 aromatic rings. The van der Waals surface area contributed by atoms with Crippen molar-refractivity contribution < 1.29 is 0 Å². The van der Waals surface area contributed by atoms with Gasteiger partial charge >= 0.3 is 5.69 Å². The number of H-pyrrole nitrogens is 2. The van der Waals surface area contributed by atoms with E-state index in [9.17, 15) is 9.59 Å². The van der Waals surface area contributed by atoms with Crippen LogP contribution in [0.3, 0.4) is 0 Å². The predicted molar refractivity (Wildman–Crippen MR) is 44.8 cm³/mol. The molecule has 2 N–H and O–H groups in total. The van der Waals surface area contributed by atoms with Crippen LogP contribution in [-0.4, -0.2) is 19.5 Å². The number of aromatic amines is 2. The minimum absolute atomic E-state index is 0.376. The fourth-order valence-electron chi connectivity index (χ4n) is 0.973. The molecule has 13 heavy (non-hydrogen) atoms. The minimum Gasteiger partial charge on any atom is -0.330 e. The summed E-state index contributed by atoms with van der Waals surface area (Å²) in [7, 11) is 0. The van der Waals surface area contributed by atoms with Gasteiger partial charge < -0.3 is 4.98 Å². The van der Waals surface area contributed by atoms with Crippen LogP contribution in [0, 0.1) is 0 Å². The van der Waals surface area contributed by atoms with E-state index < -0.39 is 11.2 Å². The Hall–Kier alpha value is -2.11. The highest BCUT2D eigenvalue weighted by Crippen LogP contribution is 1.91. The third kappa shape index (κ3) is 1.28. The quantitative estimate of drug-likeness (QED) is 0.602. The van der Waals surface area contributed by atoms with E-state index in [1.807, 2.05) is 0 Å². The summed E-state index contributed by atoms with van der Waals surface area (Å²) in [5, 5.41) is 0. The van der Waals surface area contributed by atoms with Gasteiger partial charge in [0.25, 0.3) is 5.56 Å². The van der Waals surface area contributed by atoms with Crippen LogP contribution < -0.4 is 11.2 Å². The molecule has 2 rings (SSSR count). The highest BCUT2D eigenvalue weighted by Gasteiger charge is 1.99. The minimum atomic E-state index is -0.512. The number of imidazole rings is 1. The monoisotopic (exact) mass is 178 g/mol. The lowest BCUT2D eigenvalue weighted by atomic mass is 10.6. The summed E-state index contributed by atoms with van der Waals surface area (Å²) in [5.41, 5.74) is -0.935. The second-order valence-electron chi connectivity index (χ2n) is 2.39. The third-order valence-electron chi connectivity index (χ3n) is 1.54. The second kappa shape index (κ2) is 2.74. The van der Waals surface area contributed by atoms with Gasteiger partial charge in [0.1, 0.15) is 0 Å². The third-order valence-corrected chi connectivity index (χ3v) is 1.54. The lowest BCUT2D eigenvalue weighted by Gasteiger charge is -1.97. The van der Waals surface area contributed by atoms with Gasteiger partial charge in [0.15, 0.2) is 0 Å². The van der Waals surface area contributed by atoms with Crippen molar-refractivity contribution >= 4 is 0 Å². The Morgan fingerprint density at radius 2 is 2.23 bits per heavy atom. The molecule has 0 spiro atoms. The van der Waals surface area contributed by atoms with Crippen molar-refractivity contribution in [2.75, 3.05) is 0 Å². The van der Waals surface area contributed by atoms with Gasteiger partial charge in [0, 0.05) is 24.7 Å². The predicted octanol–water partition coefficient (Wildman–Crippen LogP) is -0.751. The molecular formula is C7H6N4O2. The lowest BCUT2D eigenvalue weighted by molar-refractivity contribution is 0.848. The number of rotatable bonds is 1. The van der Waals surface area contributed by atoms with Gasteiger partial charge in [0.05, 0.1) is 0 Å². The first-order chi connectivity index (χ1) is 6.27. The van der Waals surface area contributed by atoms with Gasteiger partial charge in [-0.3, -0.25) is 9.78 Å². The van der Waals surface area contributed by atoms with Crippen LogP contribution in [0.1, 0.15) is 0 Å². The largest absolute Gasteiger partial charge is 0.335 e. The first-order valence-electron chi connectivity index (χ1n) is 3.59. The zero-order valence-corrected chi connectivity index (χ0v) is 6.52. The molecule has 6 nitrogen and oxygen atoms in total. The zero-order valence-electron chi connectivity index (χ0n) is 6.52. The summed E-state index contributed by atoms with van der Waals surface area (Å²) < 4.78 is 1.21. The molecule has 0 atom stereocenters. The number of hydrogen-bond donors (Lipinski definition) is 2. The van der Waals surface area contributed by atoms with Crippen molar-refractivity contribution in [2.24, 2.45) is 0 Å². The molecule has 6 heteroatoms. The van der Waals surface area contributed by atoms with Crippen molar-refractivity contribution in [2.45, 2.75) is 0 Å². The van der Waals surface area contributed by atoms with Crippen molar-refractivity contribution in [3.05, 3.63) is 45.5 Å². The maximum absolute atomic E-state index is 11.2. The van der Waals surface area contributed by atoms with Gasteiger partial charge in [0.2, 0.25) is 5.95 Å². The molecule has 0 aliphatic rings. The van der Waals surface area contributed by atoms with Crippen molar-refractivity contribution in [3.63, 3.8) is 0 Å². The summed E-state index contributed by atoms with van der Waals surface area (Å²) in [6, 6.07) is 1.25. The van der Waals surface area contributed by atoms with Crippen molar-refractivity contribution in [1.82, 2.24) is 19.5 Å². The maximum Gasteiger partial charge on any atom is 0.335 e. The molecule has 0 fully saturated rings. The molecule has 0 aromatic carbocycles. The van der Waals surface area contributed by atoms with Crippen LogP contribution in [-0.2, 0) is 0 Å². The maximum atomic E-state index is 11.2. The van der Waals surface area contributed by atoms with E-state index in [2.05, 4.69) is 15.0 Å². The molecule has 0 saturated carbocycles. The van der Waals surface area contributed by atoms with Gasteiger partial charge in [-0.1, -0.05) is 0 Å². The van der Waals surface area contributed by atoms with Gasteiger partial charge in [-0.15, -0.1) is 0 Å². The summed E-state index contributed by atoms with van der Waals surface area (Å²) in [5.74, 6) is 0.376. The Bertz CT molecular complexity index is 508. The standard InChI is InChI=1S/C7H6N4O2/c12-5-1-4-11(7(13)10-5)6-8-2-3-9-6/h1-4H,(H,8,9)(H,10,12,13). The molecule has 66 valence electrons. The van der Waals surface area contributed by atoms with E-state index in [0.29, 0.717) is 5.95 Å². The number of aromatic nitrogens is 4. The summed E-state index contributed by atoms with van der Waals surface area (Å²) in [6.45, 7) is 0. The lowest BCUT2D eigenvalue weighted by Crippen LogP contribution is -2.27. The highest BCUT2D eigenvalue weighted by atomic mass is 16.2. The Morgan fingerprint density at radius 1 is 1.38 bits per heavy atom. The van der Waals surface area contributed by atoms with Crippen molar-refractivity contribution in [1.29, 1.82) is 0 Å². The molecule has 0 radical (unpaired) electrons. The first kappa shape index (κ1) is 7.53. The summed E-state index contributed by atoms with van der Waals surface area (Å²) >= 11 is 0. The zero-order chi connectivity index (χ0) is 9.26. The molecule has 2 aromatic heterocycles. The van der Waals surface area contributed by atoms with Crippen LogP contribution in [0.25, 0.3) is 5.95 Å². The fourth-order valence-corrected chi connectivity index (χ4v) is 0.973. The first-order valence-corrected chi connectivity index (χ1v) is 3.59. The normalized spacial score (nSPS) is 10.2. The van der Waals surface area contributed by atoms with Crippen LogP contribution in [0.15, 0.2) is 34.2 Å². The molecular weight excluding hydrogens is 172 g/mol. The number of nitrogens with one attached hydrogen (secondary N) is 2. The Kier molecular flexibility index (Phi) is 1.59. The van der Waals surface area contributed by atoms with Gasteiger partial charge in [-0.2, -0.15) is 0 Å². The van der Waals surface area contributed by atoms with E-state index >= 15 is 0 Å². The fraction of sp³-hybridized carbons (Fsp3) is 0. The molecule has 0 amide bonds. The molecule has 2 heterocycles. The molecule has 0 unspecified atom stereocenters. The second-order valence-corrected chi connectivity index (χ2v) is 2.39. The number of hydrogen-bond acceptors (Lipinski definition) is 3. The van der Waals surface area contributed by atoms with Gasteiger partial charge in [-0.25, -0.2) is 14.3 Å². The Morgan fingerprint density at radius 3 is 2.85 bits per heavy atom. The van der Waals surface area contributed by atoms with Crippen molar-refractivity contribution in [3.8, 4) is 5.95 Å². The SMILES string of the molecule is O=c1ccn(-c2ncc[nH]2)c(=O)[nH]1. The average Bonchev–Trinajstić information content (AvgIpc) is 2.56. The van der Waals surface area contributed by atoms with E-state index in [1.165, 1.54) is 23.0 Å². The Balaban J connectivity index is 2.67. The summed E-state index contributed by atoms with van der Waals surface area (Å²) in [6.07, 6.45) is 4.47. The molecule has 0 aliphatic carbocycles. The van der Waals surface area contributed by atoms with E-state index in [4.69, 9.17) is 0 Å². The smallest absolute Gasteiger partial charge is 0.330 e. The molecule has 0 aliphatic heterocycles. The Labute approximate surface area is 71.9 Å². The molecule has 0 saturated heterocycles. The van der Waals surface area contributed by atoms with E-state index in [1.54, 1.807) is 6.20 Å².